The van der Waals surface area contributed by atoms with Crippen LogP contribution in [-0.4, -0.2) is 39.1 Å². The van der Waals surface area contributed by atoms with Crippen molar-refractivity contribution in [2.45, 2.75) is 23.6 Å². The lowest BCUT2D eigenvalue weighted by Gasteiger charge is -2.25. The molecule has 0 bridgehead atoms. The summed E-state index contributed by atoms with van der Waals surface area (Å²) in [5.41, 5.74) is 1.10. The molecule has 0 aromatic heterocycles. The van der Waals surface area contributed by atoms with Crippen LogP contribution in [0.4, 0.5) is 8.78 Å². The maximum atomic E-state index is 12.6. The van der Waals surface area contributed by atoms with Crippen molar-refractivity contribution in [2.24, 2.45) is 0 Å². The highest BCUT2D eigenvalue weighted by atomic mass is 32.2. The molecule has 2 aromatic rings. The fourth-order valence-corrected chi connectivity index (χ4v) is 3.10. The lowest BCUT2D eigenvalue weighted by Crippen LogP contribution is -2.29. The zero-order valence-corrected chi connectivity index (χ0v) is 15.3. The Kier molecular flexibility index (Phi) is 5.97. The Morgan fingerprint density at radius 2 is 1.58 bits per heavy atom. The van der Waals surface area contributed by atoms with Crippen molar-refractivity contribution in [2.75, 3.05) is 14.2 Å². The summed E-state index contributed by atoms with van der Waals surface area (Å²) in [4.78, 5) is 13.5. The van der Waals surface area contributed by atoms with E-state index >= 15 is 0 Å². The van der Waals surface area contributed by atoms with Gasteiger partial charge in [0, 0.05) is 12.6 Å². The molecule has 0 aliphatic rings. The Hall–Kier alpha value is -2.48. The first kappa shape index (κ1) is 19.8. The molecule has 2 rings (SSSR count). The van der Waals surface area contributed by atoms with Crippen LogP contribution < -0.4 is 4.74 Å². The van der Waals surface area contributed by atoms with Gasteiger partial charge in [-0.2, -0.15) is 8.78 Å². The minimum Gasteiger partial charge on any atom is -0.497 e. The van der Waals surface area contributed by atoms with E-state index in [0.717, 1.165) is 17.7 Å². The van der Waals surface area contributed by atoms with Crippen molar-refractivity contribution >= 4 is 15.7 Å². The number of ether oxygens (including phenoxy) is 1. The molecule has 0 heterocycles. The van der Waals surface area contributed by atoms with Crippen LogP contribution in [0.5, 0.6) is 5.75 Å². The molecule has 0 fully saturated rings. The molecule has 1 unspecified atom stereocenters. The molecule has 0 saturated heterocycles. The van der Waals surface area contributed by atoms with Crippen molar-refractivity contribution in [3.8, 4) is 5.75 Å². The molecule has 0 saturated carbocycles. The molecule has 1 atom stereocenters. The summed E-state index contributed by atoms with van der Waals surface area (Å²) < 4.78 is 53.1. The number of carbonyl (C=O) groups excluding carboxylic acids is 1. The van der Waals surface area contributed by atoms with Crippen LogP contribution in [0.2, 0.25) is 0 Å². The first-order valence-electron chi connectivity index (χ1n) is 7.71. The molecule has 2 aromatic carbocycles. The maximum absolute atomic E-state index is 12.6. The van der Waals surface area contributed by atoms with Gasteiger partial charge in [0.2, 0.25) is 9.84 Å². The molecular weight excluding hydrogens is 364 g/mol. The number of halogens is 2. The summed E-state index contributed by atoms with van der Waals surface area (Å²) in [7, 11) is -1.50. The second-order valence-corrected chi connectivity index (χ2v) is 7.61. The summed E-state index contributed by atoms with van der Waals surface area (Å²) in [6, 6.07) is 11.5. The predicted molar refractivity (Wildman–Crippen MR) is 93.1 cm³/mol. The number of hydrogen-bond donors (Lipinski definition) is 0. The number of benzene rings is 2. The SMILES string of the molecule is COc1ccc(C(C)N(C)C(=O)c2ccc(S(=O)(=O)C(F)F)cc2)cc1. The summed E-state index contributed by atoms with van der Waals surface area (Å²) in [6.45, 7) is 1.84. The number of nitrogens with zero attached hydrogens (tertiary/aromatic N) is 1. The van der Waals surface area contributed by atoms with Crippen LogP contribution in [0.1, 0.15) is 28.9 Å². The topological polar surface area (TPSA) is 63.7 Å². The molecule has 0 spiro atoms. The van der Waals surface area contributed by atoms with Crippen molar-refractivity contribution in [1.29, 1.82) is 0 Å². The van der Waals surface area contributed by atoms with Gasteiger partial charge in [0.05, 0.1) is 18.0 Å². The summed E-state index contributed by atoms with van der Waals surface area (Å²) >= 11 is 0. The molecule has 140 valence electrons. The lowest BCUT2D eigenvalue weighted by atomic mass is 10.1. The van der Waals surface area contributed by atoms with Crippen LogP contribution in [0.15, 0.2) is 53.4 Å². The largest absolute Gasteiger partial charge is 0.497 e. The first-order valence-corrected chi connectivity index (χ1v) is 9.26. The van der Waals surface area contributed by atoms with Gasteiger partial charge in [-0.1, -0.05) is 12.1 Å². The zero-order chi connectivity index (χ0) is 19.5. The molecular formula is C18H19F2NO4S. The number of sulfone groups is 1. The van der Waals surface area contributed by atoms with Crippen LogP contribution in [0.25, 0.3) is 0 Å². The molecule has 5 nitrogen and oxygen atoms in total. The Bertz CT molecular complexity index is 865. The highest BCUT2D eigenvalue weighted by molar-refractivity contribution is 7.91. The number of hydrogen-bond acceptors (Lipinski definition) is 4. The summed E-state index contributed by atoms with van der Waals surface area (Å²) in [5, 5.41) is 0. The minimum atomic E-state index is -4.68. The lowest BCUT2D eigenvalue weighted by molar-refractivity contribution is 0.0742. The van der Waals surface area contributed by atoms with Gasteiger partial charge in [-0.25, -0.2) is 8.42 Å². The molecule has 1 amide bonds. The number of carbonyl (C=O) groups is 1. The summed E-state index contributed by atoms with van der Waals surface area (Å²) in [5.74, 6) is -3.15. The van der Waals surface area contributed by atoms with Crippen LogP contribution >= 0.6 is 0 Å². The first-order chi connectivity index (χ1) is 12.2. The smallest absolute Gasteiger partial charge is 0.341 e. The van der Waals surface area contributed by atoms with Crippen molar-refractivity contribution < 1.29 is 26.7 Å². The average molecular weight is 383 g/mol. The molecule has 8 heteroatoms. The molecule has 0 radical (unpaired) electrons. The van der Waals surface area contributed by atoms with E-state index in [0.29, 0.717) is 5.75 Å². The normalized spacial score (nSPS) is 12.7. The number of rotatable bonds is 6. The summed E-state index contributed by atoms with van der Waals surface area (Å²) in [6.07, 6.45) is 0. The minimum absolute atomic E-state index is 0.209. The van der Waals surface area contributed by atoms with Gasteiger partial charge < -0.3 is 9.64 Å². The van der Waals surface area contributed by atoms with Gasteiger partial charge in [0.1, 0.15) is 5.75 Å². The Balaban J connectivity index is 2.19. The quantitative estimate of drug-likeness (QED) is 0.766. The fraction of sp³-hybridized carbons (Fsp3) is 0.278. The Morgan fingerprint density at radius 1 is 1.04 bits per heavy atom. The van der Waals surface area contributed by atoms with E-state index in [1.807, 2.05) is 19.1 Å². The zero-order valence-electron chi connectivity index (χ0n) is 14.5. The third-order valence-electron chi connectivity index (χ3n) is 4.16. The maximum Gasteiger partial charge on any atom is 0.341 e. The Labute approximate surface area is 151 Å². The third kappa shape index (κ3) is 4.01. The van der Waals surface area contributed by atoms with E-state index in [9.17, 15) is 22.0 Å². The Morgan fingerprint density at radius 3 is 2.04 bits per heavy atom. The third-order valence-corrected chi connectivity index (χ3v) is 5.56. The highest BCUT2D eigenvalue weighted by Crippen LogP contribution is 2.24. The van der Waals surface area contributed by atoms with Gasteiger partial charge in [0.15, 0.2) is 0 Å². The number of alkyl halides is 2. The fourth-order valence-electron chi connectivity index (χ4n) is 2.38. The molecule has 0 aliphatic heterocycles. The van der Waals surface area contributed by atoms with Crippen molar-refractivity contribution in [3.63, 3.8) is 0 Å². The van der Waals surface area contributed by atoms with E-state index in [2.05, 4.69) is 0 Å². The average Bonchev–Trinajstić information content (AvgIpc) is 2.66. The monoisotopic (exact) mass is 383 g/mol. The molecule has 0 aliphatic carbocycles. The van der Waals surface area contributed by atoms with E-state index < -0.39 is 20.5 Å². The number of amides is 1. The molecule has 0 N–H and O–H groups in total. The van der Waals surface area contributed by atoms with Crippen molar-refractivity contribution in [3.05, 3.63) is 59.7 Å². The standard InChI is InChI=1S/C18H19F2NO4S/c1-12(13-4-8-15(25-3)9-5-13)21(2)17(22)14-6-10-16(11-7-14)26(23,24)18(19)20/h4-12,18H,1-3H3. The second-order valence-electron chi connectivity index (χ2n) is 5.70. The van der Waals surface area contributed by atoms with E-state index in [1.165, 1.54) is 17.0 Å². The second kappa shape index (κ2) is 7.82. The highest BCUT2D eigenvalue weighted by Gasteiger charge is 2.27. The van der Waals surface area contributed by atoms with Gasteiger partial charge in [-0.15, -0.1) is 0 Å². The van der Waals surface area contributed by atoms with Crippen LogP contribution in [0, 0.1) is 0 Å². The van der Waals surface area contributed by atoms with E-state index in [1.54, 1.807) is 26.3 Å². The predicted octanol–water partition coefficient (Wildman–Crippen LogP) is 3.52. The molecule has 26 heavy (non-hydrogen) atoms. The van der Waals surface area contributed by atoms with E-state index in [-0.39, 0.29) is 17.5 Å². The van der Waals surface area contributed by atoms with Crippen LogP contribution in [-0.2, 0) is 9.84 Å². The van der Waals surface area contributed by atoms with Gasteiger partial charge in [0.25, 0.3) is 5.91 Å². The number of methoxy groups -OCH3 is 1. The van der Waals surface area contributed by atoms with Crippen molar-refractivity contribution in [1.82, 2.24) is 4.90 Å². The van der Waals surface area contributed by atoms with E-state index in [4.69, 9.17) is 4.74 Å². The van der Waals surface area contributed by atoms with Gasteiger partial charge in [-0.3, -0.25) is 4.79 Å². The van der Waals surface area contributed by atoms with Gasteiger partial charge >= 0.3 is 5.76 Å². The van der Waals surface area contributed by atoms with Crippen LogP contribution in [0.3, 0.4) is 0 Å². The van der Waals surface area contributed by atoms with Gasteiger partial charge in [-0.05, 0) is 48.9 Å².